The number of hydrogen-bond donors (Lipinski definition) is 0. The largest absolute Gasteiger partial charge is 0.412 e. The van der Waals surface area contributed by atoms with Crippen molar-refractivity contribution in [1.82, 2.24) is 0 Å². The van der Waals surface area contributed by atoms with Gasteiger partial charge in [0.25, 0.3) is 0 Å². The molecule has 0 aromatic carbocycles. The summed E-state index contributed by atoms with van der Waals surface area (Å²) < 4.78 is 0. The Kier molecular flexibility index (Phi) is 16.7. The van der Waals surface area contributed by atoms with Gasteiger partial charge < -0.3 is 10.5 Å². The van der Waals surface area contributed by atoms with Crippen LogP contribution in [-0.2, 0) is 0 Å². The van der Waals surface area contributed by atoms with E-state index in [0.717, 1.165) is 0 Å². The molecule has 0 aromatic heterocycles. The fourth-order valence-corrected chi connectivity index (χ4v) is 0. The Morgan fingerprint density at radius 2 is 2.00 bits per heavy atom. The first kappa shape index (κ1) is 8.82. The first-order chi connectivity index (χ1) is 1.91. The van der Waals surface area contributed by atoms with E-state index in [0.29, 0.717) is 0 Å². The van der Waals surface area contributed by atoms with Gasteiger partial charge in [0, 0.05) is 8.47 Å². The maximum atomic E-state index is 3.61. The standard InChI is InChI=1S/C3H7N.H2O.H2/c1-3-4-2;;/h3H,1-2H3;1H2;1H. The van der Waals surface area contributed by atoms with E-state index in [1.807, 2.05) is 6.92 Å². The zero-order valence-corrected chi connectivity index (χ0v) is 3.52. The fraction of sp³-hybridized carbons (Fsp3) is 0.667. The Morgan fingerprint density at radius 1 is 1.80 bits per heavy atom. The predicted octanol–water partition coefficient (Wildman–Crippen LogP) is 0.128. The lowest BCUT2D eigenvalue weighted by molar-refractivity contribution is 0.824. The zero-order chi connectivity index (χ0) is 3.41. The van der Waals surface area contributed by atoms with Crippen LogP contribution >= 0.6 is 0 Å². The van der Waals surface area contributed by atoms with Crippen LogP contribution in [0.2, 0.25) is 0 Å². The second kappa shape index (κ2) is 9.45. The Balaban J connectivity index is -0.0000000450. The summed E-state index contributed by atoms with van der Waals surface area (Å²) in [5.41, 5.74) is 0. The van der Waals surface area contributed by atoms with Crippen LogP contribution in [0.1, 0.15) is 8.35 Å². The van der Waals surface area contributed by atoms with Crippen LogP contribution in [0.15, 0.2) is 4.99 Å². The van der Waals surface area contributed by atoms with Gasteiger partial charge in [0.15, 0.2) is 0 Å². The lowest BCUT2D eigenvalue weighted by Gasteiger charge is -1.53. The third-order valence-corrected chi connectivity index (χ3v) is 0.258. The van der Waals surface area contributed by atoms with Gasteiger partial charge in [-0.1, -0.05) is 0 Å². The molecule has 2 N–H and O–H groups in total. The molecule has 0 aromatic rings. The Bertz CT molecular complexity index is 26.0. The van der Waals surface area contributed by atoms with E-state index in [-0.39, 0.29) is 6.90 Å². The third kappa shape index (κ3) is 24.3. The molecule has 0 fully saturated rings. The van der Waals surface area contributed by atoms with Crippen molar-refractivity contribution in [2.75, 3.05) is 7.05 Å². The van der Waals surface area contributed by atoms with Crippen molar-refractivity contribution < 1.29 is 6.90 Å². The summed E-state index contributed by atoms with van der Waals surface area (Å²) in [6, 6.07) is 0. The average molecular weight is 77.1 g/mol. The number of nitrogens with zero attached hydrogens (tertiary/aromatic N) is 1. The molecular formula is C3H11NO. The van der Waals surface area contributed by atoms with Crippen LogP contribution in [0, 0.1) is 0 Å². The third-order valence-electron chi connectivity index (χ3n) is 0.258. The summed E-state index contributed by atoms with van der Waals surface area (Å²) in [7, 11) is 1.75. The summed E-state index contributed by atoms with van der Waals surface area (Å²) >= 11 is 0. The second-order valence-corrected chi connectivity index (χ2v) is 0.516. The molecule has 0 saturated heterocycles. The molecule has 0 heterocycles. The smallest absolute Gasteiger partial charge is 0.0273 e. The van der Waals surface area contributed by atoms with E-state index in [2.05, 4.69) is 4.99 Å². The SMILES string of the molecule is CC=NC.O.[HH]. The summed E-state index contributed by atoms with van der Waals surface area (Å²) in [5.74, 6) is 0. The molecule has 34 valence electrons. The molecule has 2 nitrogen and oxygen atoms in total. The van der Waals surface area contributed by atoms with Gasteiger partial charge in [0.2, 0.25) is 0 Å². The van der Waals surface area contributed by atoms with E-state index in [1.54, 1.807) is 13.3 Å². The van der Waals surface area contributed by atoms with Crippen molar-refractivity contribution in [2.24, 2.45) is 4.99 Å². The van der Waals surface area contributed by atoms with E-state index in [4.69, 9.17) is 0 Å². The van der Waals surface area contributed by atoms with Crippen molar-refractivity contribution in [3.8, 4) is 0 Å². The van der Waals surface area contributed by atoms with Gasteiger partial charge in [-0.15, -0.1) is 0 Å². The molecule has 0 aliphatic rings. The second-order valence-electron chi connectivity index (χ2n) is 0.516. The molecular weight excluding hydrogens is 66.0 g/mol. The van der Waals surface area contributed by atoms with Crippen LogP contribution in [0.25, 0.3) is 0 Å². The molecule has 0 amide bonds. The maximum Gasteiger partial charge on any atom is 0.0273 e. The van der Waals surface area contributed by atoms with Gasteiger partial charge in [-0.25, -0.2) is 0 Å². The highest BCUT2D eigenvalue weighted by molar-refractivity contribution is 5.52. The highest BCUT2D eigenvalue weighted by Gasteiger charge is 1.32. The van der Waals surface area contributed by atoms with Crippen molar-refractivity contribution in [3.63, 3.8) is 0 Å². The van der Waals surface area contributed by atoms with Gasteiger partial charge in [0.05, 0.1) is 0 Å². The van der Waals surface area contributed by atoms with Gasteiger partial charge in [0.1, 0.15) is 0 Å². The summed E-state index contributed by atoms with van der Waals surface area (Å²) in [4.78, 5) is 3.61. The van der Waals surface area contributed by atoms with E-state index >= 15 is 0 Å². The molecule has 0 aliphatic carbocycles. The maximum absolute atomic E-state index is 3.61. The number of aliphatic imine (C=N–C) groups is 1. The minimum Gasteiger partial charge on any atom is -0.412 e. The van der Waals surface area contributed by atoms with Crippen LogP contribution in [0.3, 0.4) is 0 Å². The molecule has 0 unspecified atom stereocenters. The van der Waals surface area contributed by atoms with Gasteiger partial charge in [-0.3, -0.25) is 0 Å². The summed E-state index contributed by atoms with van der Waals surface area (Å²) in [6.45, 7) is 1.89. The van der Waals surface area contributed by atoms with Gasteiger partial charge >= 0.3 is 0 Å². The fourth-order valence-electron chi connectivity index (χ4n) is 0. The zero-order valence-electron chi connectivity index (χ0n) is 3.52. The summed E-state index contributed by atoms with van der Waals surface area (Å²) in [5, 5.41) is 0. The molecule has 0 atom stereocenters. The Hall–Kier alpha value is -0.370. The first-order valence-corrected chi connectivity index (χ1v) is 1.28. The molecule has 0 radical (unpaired) electrons. The normalized spacial score (nSPS) is 7.60. The quantitative estimate of drug-likeness (QED) is 0.369. The molecule has 5 heavy (non-hydrogen) atoms. The van der Waals surface area contributed by atoms with Crippen LogP contribution in [-0.4, -0.2) is 18.7 Å². The van der Waals surface area contributed by atoms with E-state index in [9.17, 15) is 0 Å². The first-order valence-electron chi connectivity index (χ1n) is 1.28. The van der Waals surface area contributed by atoms with Crippen LogP contribution in [0.5, 0.6) is 0 Å². The molecule has 0 bridgehead atoms. The van der Waals surface area contributed by atoms with E-state index in [1.165, 1.54) is 0 Å². The van der Waals surface area contributed by atoms with Crippen molar-refractivity contribution >= 4 is 6.21 Å². The molecule has 0 aliphatic heterocycles. The topological polar surface area (TPSA) is 43.9 Å². The molecule has 2 heteroatoms. The minimum atomic E-state index is 0. The molecule has 0 saturated carbocycles. The van der Waals surface area contributed by atoms with Crippen molar-refractivity contribution in [1.29, 1.82) is 0 Å². The Labute approximate surface area is 33.3 Å². The van der Waals surface area contributed by atoms with Crippen LogP contribution < -0.4 is 0 Å². The number of rotatable bonds is 0. The highest BCUT2D eigenvalue weighted by Crippen LogP contribution is 1.39. The summed E-state index contributed by atoms with van der Waals surface area (Å²) in [6.07, 6.45) is 1.75. The Morgan fingerprint density at radius 3 is 2.00 bits per heavy atom. The van der Waals surface area contributed by atoms with Crippen LogP contribution in [0.4, 0.5) is 0 Å². The molecule has 0 rings (SSSR count). The minimum absolute atomic E-state index is 0. The predicted molar refractivity (Wildman–Crippen MR) is 25.8 cm³/mol. The monoisotopic (exact) mass is 77.1 g/mol. The van der Waals surface area contributed by atoms with E-state index < -0.39 is 0 Å². The highest BCUT2D eigenvalue weighted by atomic mass is 16.0. The van der Waals surface area contributed by atoms with Gasteiger partial charge in [-0.2, -0.15) is 0 Å². The molecule has 0 spiro atoms. The lowest BCUT2D eigenvalue weighted by Crippen LogP contribution is -1.47. The van der Waals surface area contributed by atoms with Crippen molar-refractivity contribution in [3.05, 3.63) is 0 Å². The average Bonchev–Trinajstić information content (AvgIpc) is 1.37. The lowest BCUT2D eigenvalue weighted by atomic mass is 10.9. The van der Waals surface area contributed by atoms with Gasteiger partial charge in [-0.05, 0) is 13.1 Å². The van der Waals surface area contributed by atoms with Crippen molar-refractivity contribution in [2.45, 2.75) is 6.92 Å². The number of hydrogen-bond acceptors (Lipinski definition) is 1.